The molecule has 0 spiro atoms. The number of hydrogen-bond acceptors (Lipinski definition) is 2. The average molecular weight is 804 g/mol. The zero-order valence-electron chi connectivity index (χ0n) is 34.5. The molecule has 1 heterocycles. The summed E-state index contributed by atoms with van der Waals surface area (Å²) in [7, 11) is 0. The third-order valence-corrected chi connectivity index (χ3v) is 13.0. The molecule has 63 heavy (non-hydrogen) atoms. The van der Waals surface area contributed by atoms with Crippen molar-refractivity contribution in [1.29, 1.82) is 0 Å². The standard InChI is InChI=1S/C61H41NO/c1-5-18-42(19-6-1)45-34-38-50(43-20-7-2-8-21-43)58(40-45)62(48-35-32-44(33-36-48)51-28-17-29-55-54-27-14-16-31-59(54)63-60(51)55)49-37-39-53-52-26-13-15-30-56(52)61(57(53)41-49,46-22-9-3-10-23-46)47-24-11-4-12-25-47/h1-41H. The highest BCUT2D eigenvalue weighted by molar-refractivity contribution is 6.09. The zero-order chi connectivity index (χ0) is 41.7. The molecule has 296 valence electrons. The number of hydrogen-bond donors (Lipinski definition) is 0. The van der Waals surface area contributed by atoms with Crippen molar-refractivity contribution in [1.82, 2.24) is 0 Å². The fourth-order valence-corrected chi connectivity index (χ4v) is 10.2. The molecule has 0 radical (unpaired) electrons. The second-order valence-electron chi connectivity index (χ2n) is 16.4. The Morgan fingerprint density at radius 1 is 0.317 bits per heavy atom. The number of rotatable bonds is 8. The summed E-state index contributed by atoms with van der Waals surface area (Å²) in [6.45, 7) is 0. The van der Waals surface area contributed by atoms with Crippen LogP contribution in [-0.2, 0) is 5.41 Å². The van der Waals surface area contributed by atoms with Crippen LogP contribution in [0.15, 0.2) is 253 Å². The molecule has 11 aromatic rings. The van der Waals surface area contributed by atoms with E-state index in [9.17, 15) is 0 Å². The lowest BCUT2D eigenvalue weighted by molar-refractivity contribution is 0.670. The number of furan rings is 1. The van der Waals surface area contributed by atoms with Gasteiger partial charge in [0.1, 0.15) is 11.2 Å². The zero-order valence-corrected chi connectivity index (χ0v) is 34.5. The molecule has 0 saturated heterocycles. The highest BCUT2D eigenvalue weighted by Gasteiger charge is 2.46. The first-order valence-corrected chi connectivity index (χ1v) is 21.7. The van der Waals surface area contributed by atoms with Gasteiger partial charge in [0.2, 0.25) is 0 Å². The van der Waals surface area contributed by atoms with Crippen molar-refractivity contribution in [2.45, 2.75) is 5.41 Å². The van der Waals surface area contributed by atoms with Crippen LogP contribution in [0, 0.1) is 0 Å². The van der Waals surface area contributed by atoms with Crippen molar-refractivity contribution in [2.24, 2.45) is 0 Å². The molecule has 0 saturated carbocycles. The molecule has 10 aromatic carbocycles. The number of para-hydroxylation sites is 2. The van der Waals surface area contributed by atoms with Gasteiger partial charge < -0.3 is 9.32 Å². The minimum atomic E-state index is -0.542. The van der Waals surface area contributed by atoms with Crippen LogP contribution in [-0.4, -0.2) is 0 Å². The highest BCUT2D eigenvalue weighted by Crippen LogP contribution is 2.57. The average Bonchev–Trinajstić information content (AvgIpc) is 3.89. The van der Waals surface area contributed by atoms with Gasteiger partial charge in [0, 0.05) is 33.3 Å². The van der Waals surface area contributed by atoms with Gasteiger partial charge in [-0.25, -0.2) is 0 Å². The van der Waals surface area contributed by atoms with E-state index in [0.717, 1.165) is 66.8 Å². The van der Waals surface area contributed by atoms with Crippen LogP contribution >= 0.6 is 0 Å². The maximum Gasteiger partial charge on any atom is 0.143 e. The maximum absolute atomic E-state index is 6.53. The summed E-state index contributed by atoms with van der Waals surface area (Å²) >= 11 is 0. The van der Waals surface area contributed by atoms with Crippen LogP contribution in [0.1, 0.15) is 22.3 Å². The molecular formula is C61H41NO. The van der Waals surface area contributed by atoms with E-state index >= 15 is 0 Å². The fourth-order valence-electron chi connectivity index (χ4n) is 10.2. The number of fused-ring (bicyclic) bond motifs is 6. The smallest absolute Gasteiger partial charge is 0.143 e. The summed E-state index contributed by atoms with van der Waals surface area (Å²) in [6.07, 6.45) is 0. The Kier molecular flexibility index (Phi) is 8.76. The molecule has 0 atom stereocenters. The lowest BCUT2D eigenvalue weighted by atomic mass is 9.67. The first-order chi connectivity index (χ1) is 31.3. The second-order valence-corrected chi connectivity index (χ2v) is 16.4. The second kappa shape index (κ2) is 15.1. The van der Waals surface area contributed by atoms with E-state index in [2.05, 4.69) is 241 Å². The topological polar surface area (TPSA) is 16.4 Å². The minimum absolute atomic E-state index is 0.542. The summed E-state index contributed by atoms with van der Waals surface area (Å²) in [5, 5.41) is 2.25. The lowest BCUT2D eigenvalue weighted by Gasteiger charge is -2.35. The molecule has 12 rings (SSSR count). The van der Waals surface area contributed by atoms with Crippen molar-refractivity contribution < 1.29 is 4.42 Å². The number of benzene rings is 10. The van der Waals surface area contributed by atoms with Gasteiger partial charge in [0.15, 0.2) is 0 Å². The van der Waals surface area contributed by atoms with E-state index in [0.29, 0.717) is 0 Å². The number of nitrogens with zero attached hydrogens (tertiary/aromatic N) is 1. The van der Waals surface area contributed by atoms with Gasteiger partial charge >= 0.3 is 0 Å². The molecule has 0 fully saturated rings. The SMILES string of the molecule is c1ccc(-c2ccc(-c3ccccc3)c(N(c3ccc(-c4cccc5c4oc4ccccc45)cc3)c3ccc4c(c3)C(c3ccccc3)(c3ccccc3)c3ccccc3-4)c2)cc1. The summed E-state index contributed by atoms with van der Waals surface area (Å²) in [5.41, 5.74) is 18.8. The van der Waals surface area contributed by atoms with Crippen molar-refractivity contribution in [3.8, 4) is 44.5 Å². The van der Waals surface area contributed by atoms with Crippen LogP contribution in [0.25, 0.3) is 66.4 Å². The van der Waals surface area contributed by atoms with E-state index in [-0.39, 0.29) is 0 Å². The molecule has 0 amide bonds. The van der Waals surface area contributed by atoms with E-state index in [1.807, 2.05) is 12.1 Å². The van der Waals surface area contributed by atoms with Gasteiger partial charge in [0.25, 0.3) is 0 Å². The fraction of sp³-hybridized carbons (Fsp3) is 0.0164. The van der Waals surface area contributed by atoms with Gasteiger partial charge in [0.05, 0.1) is 11.1 Å². The number of anilines is 3. The Morgan fingerprint density at radius 3 is 1.57 bits per heavy atom. The molecule has 0 N–H and O–H groups in total. The monoisotopic (exact) mass is 803 g/mol. The lowest BCUT2D eigenvalue weighted by Crippen LogP contribution is -2.28. The van der Waals surface area contributed by atoms with E-state index in [1.54, 1.807) is 0 Å². The van der Waals surface area contributed by atoms with Crippen molar-refractivity contribution in [3.05, 3.63) is 271 Å². The third kappa shape index (κ3) is 5.95. The predicted octanol–water partition coefficient (Wildman–Crippen LogP) is 16.4. The van der Waals surface area contributed by atoms with Gasteiger partial charge in [-0.15, -0.1) is 0 Å². The third-order valence-electron chi connectivity index (χ3n) is 13.0. The van der Waals surface area contributed by atoms with Crippen molar-refractivity contribution in [2.75, 3.05) is 4.90 Å². The molecule has 0 aliphatic heterocycles. The van der Waals surface area contributed by atoms with Gasteiger partial charge in [-0.05, 0) is 92.0 Å². The van der Waals surface area contributed by atoms with E-state index in [1.165, 1.54) is 38.9 Å². The first-order valence-electron chi connectivity index (χ1n) is 21.7. The maximum atomic E-state index is 6.53. The summed E-state index contributed by atoms with van der Waals surface area (Å²) in [4.78, 5) is 2.46. The van der Waals surface area contributed by atoms with Crippen molar-refractivity contribution in [3.63, 3.8) is 0 Å². The van der Waals surface area contributed by atoms with Gasteiger partial charge in [-0.1, -0.05) is 212 Å². The van der Waals surface area contributed by atoms with Crippen molar-refractivity contribution >= 4 is 39.0 Å². The molecular weight excluding hydrogens is 763 g/mol. The molecule has 1 aliphatic rings. The molecule has 0 bridgehead atoms. The predicted molar refractivity (Wildman–Crippen MR) is 262 cm³/mol. The molecule has 2 nitrogen and oxygen atoms in total. The van der Waals surface area contributed by atoms with Gasteiger partial charge in [-0.2, -0.15) is 0 Å². The first kappa shape index (κ1) is 36.6. The molecule has 0 unspecified atom stereocenters. The van der Waals surface area contributed by atoms with Crippen LogP contribution < -0.4 is 4.90 Å². The minimum Gasteiger partial charge on any atom is -0.455 e. The molecule has 1 aliphatic carbocycles. The Morgan fingerprint density at radius 2 is 0.841 bits per heavy atom. The summed E-state index contributed by atoms with van der Waals surface area (Å²) in [6, 6.07) is 90.3. The molecule has 2 heteroatoms. The summed E-state index contributed by atoms with van der Waals surface area (Å²) in [5.74, 6) is 0. The quantitative estimate of drug-likeness (QED) is 0.152. The van der Waals surface area contributed by atoms with Crippen LogP contribution in [0.4, 0.5) is 17.1 Å². The van der Waals surface area contributed by atoms with E-state index in [4.69, 9.17) is 4.42 Å². The van der Waals surface area contributed by atoms with Crippen LogP contribution in [0.2, 0.25) is 0 Å². The Labute approximate surface area is 367 Å². The Hall–Kier alpha value is -8.20. The normalized spacial score (nSPS) is 12.6. The Bertz CT molecular complexity index is 3390. The highest BCUT2D eigenvalue weighted by atomic mass is 16.3. The Balaban J connectivity index is 1.11. The molecule has 1 aromatic heterocycles. The van der Waals surface area contributed by atoms with Gasteiger partial charge in [-0.3, -0.25) is 0 Å². The van der Waals surface area contributed by atoms with E-state index < -0.39 is 5.41 Å². The van der Waals surface area contributed by atoms with Crippen LogP contribution in [0.3, 0.4) is 0 Å². The van der Waals surface area contributed by atoms with Crippen LogP contribution in [0.5, 0.6) is 0 Å². The largest absolute Gasteiger partial charge is 0.455 e. The summed E-state index contributed by atoms with van der Waals surface area (Å²) < 4.78 is 6.53.